The molecule has 106 valence electrons. The summed E-state index contributed by atoms with van der Waals surface area (Å²) < 4.78 is 2.02. The minimum absolute atomic E-state index is 0.0482. The molecule has 0 bridgehead atoms. The van der Waals surface area contributed by atoms with Gasteiger partial charge in [0.1, 0.15) is 4.88 Å². The molecule has 1 aliphatic rings. The number of carbonyl (C=O) groups is 1. The van der Waals surface area contributed by atoms with Gasteiger partial charge in [0.15, 0.2) is 0 Å². The van der Waals surface area contributed by atoms with Gasteiger partial charge in [-0.15, -0.1) is 11.3 Å². The lowest BCUT2D eigenvalue weighted by atomic mass is 9.70. The van der Waals surface area contributed by atoms with E-state index in [1.807, 2.05) is 18.2 Å². The van der Waals surface area contributed by atoms with Crippen LogP contribution in [0.2, 0.25) is 0 Å². The van der Waals surface area contributed by atoms with Crippen molar-refractivity contribution in [3.05, 3.63) is 27.5 Å². The van der Waals surface area contributed by atoms with Crippen LogP contribution in [0.5, 0.6) is 0 Å². The van der Waals surface area contributed by atoms with E-state index in [1.165, 1.54) is 30.6 Å². The van der Waals surface area contributed by atoms with Crippen LogP contribution in [0.1, 0.15) is 35.9 Å². The minimum atomic E-state index is -0.0482. The molecule has 3 nitrogen and oxygen atoms in total. The van der Waals surface area contributed by atoms with Crippen molar-refractivity contribution >= 4 is 48.9 Å². The van der Waals surface area contributed by atoms with E-state index in [0.717, 1.165) is 21.1 Å². The Kier molecular flexibility index (Phi) is 3.50. The molecule has 5 heteroatoms. The summed E-state index contributed by atoms with van der Waals surface area (Å²) in [6, 6.07) is 5.92. The van der Waals surface area contributed by atoms with E-state index >= 15 is 0 Å². The molecule has 1 aromatic heterocycles. The molecule has 0 radical (unpaired) electrons. The molecule has 20 heavy (non-hydrogen) atoms. The number of rotatable bonds is 3. The van der Waals surface area contributed by atoms with Gasteiger partial charge in [0.25, 0.3) is 5.91 Å². The van der Waals surface area contributed by atoms with Gasteiger partial charge in [-0.2, -0.15) is 0 Å². The number of thiophene rings is 1. The zero-order valence-electron chi connectivity index (χ0n) is 11.3. The number of amides is 1. The summed E-state index contributed by atoms with van der Waals surface area (Å²) in [4.78, 5) is 12.9. The van der Waals surface area contributed by atoms with E-state index in [1.54, 1.807) is 0 Å². The first-order valence-electron chi connectivity index (χ1n) is 6.74. The van der Waals surface area contributed by atoms with Gasteiger partial charge >= 0.3 is 0 Å². The van der Waals surface area contributed by atoms with Gasteiger partial charge in [0.05, 0.1) is 5.69 Å². The van der Waals surface area contributed by atoms with E-state index in [4.69, 9.17) is 5.73 Å². The smallest absolute Gasteiger partial charge is 0.263 e. The molecule has 1 saturated carbocycles. The summed E-state index contributed by atoms with van der Waals surface area (Å²) in [6.07, 6.45) is 3.66. The van der Waals surface area contributed by atoms with Gasteiger partial charge in [-0.25, -0.2) is 0 Å². The van der Waals surface area contributed by atoms with Crippen molar-refractivity contribution in [1.82, 2.24) is 5.32 Å². The highest BCUT2D eigenvalue weighted by Gasteiger charge is 2.32. The number of nitrogens with one attached hydrogen (secondary N) is 1. The standard InChI is InChI=1S/C15H17BrN2OS/c1-15(5-2-6-15)8-18-14(19)13-12(17)10-7-9(16)3-4-11(10)20-13/h3-4,7H,2,5-6,8,17H2,1H3,(H,18,19). The van der Waals surface area contributed by atoms with Crippen LogP contribution in [0.4, 0.5) is 5.69 Å². The van der Waals surface area contributed by atoms with Gasteiger partial charge in [-0.3, -0.25) is 4.79 Å². The van der Waals surface area contributed by atoms with E-state index < -0.39 is 0 Å². The van der Waals surface area contributed by atoms with Gasteiger partial charge in [0.2, 0.25) is 0 Å². The van der Waals surface area contributed by atoms with E-state index in [-0.39, 0.29) is 11.3 Å². The summed E-state index contributed by atoms with van der Waals surface area (Å²) in [5.74, 6) is -0.0482. The topological polar surface area (TPSA) is 55.1 Å². The van der Waals surface area contributed by atoms with Crippen molar-refractivity contribution in [3.63, 3.8) is 0 Å². The lowest BCUT2D eigenvalue weighted by Crippen LogP contribution is -2.39. The molecule has 1 heterocycles. The molecule has 1 fully saturated rings. The Bertz CT molecular complexity index is 676. The van der Waals surface area contributed by atoms with Crippen LogP contribution in [-0.4, -0.2) is 12.5 Å². The zero-order chi connectivity index (χ0) is 14.3. The van der Waals surface area contributed by atoms with Gasteiger partial charge in [-0.05, 0) is 36.5 Å². The van der Waals surface area contributed by atoms with Crippen molar-refractivity contribution in [3.8, 4) is 0 Å². The van der Waals surface area contributed by atoms with Crippen molar-refractivity contribution in [2.45, 2.75) is 26.2 Å². The van der Waals surface area contributed by atoms with Crippen LogP contribution in [0.25, 0.3) is 10.1 Å². The normalized spacial score (nSPS) is 16.9. The molecule has 1 aliphatic carbocycles. The average Bonchev–Trinajstić information content (AvgIpc) is 2.71. The number of hydrogen-bond donors (Lipinski definition) is 2. The van der Waals surface area contributed by atoms with Gasteiger partial charge in [0, 0.05) is 21.1 Å². The van der Waals surface area contributed by atoms with Gasteiger partial charge in [-0.1, -0.05) is 29.3 Å². The van der Waals surface area contributed by atoms with Gasteiger partial charge < -0.3 is 11.1 Å². The lowest BCUT2D eigenvalue weighted by Gasteiger charge is -2.38. The van der Waals surface area contributed by atoms with Crippen LogP contribution in [0, 0.1) is 5.41 Å². The molecular formula is C15H17BrN2OS. The van der Waals surface area contributed by atoms with Crippen LogP contribution >= 0.6 is 27.3 Å². The number of halogens is 1. The summed E-state index contributed by atoms with van der Waals surface area (Å²) in [6.45, 7) is 2.96. The molecule has 0 spiro atoms. The van der Waals surface area contributed by atoms with Crippen LogP contribution in [0.15, 0.2) is 22.7 Å². The third-order valence-corrected chi connectivity index (χ3v) is 5.81. The number of hydrogen-bond acceptors (Lipinski definition) is 3. The number of nitrogen functional groups attached to an aromatic ring is 1. The average molecular weight is 353 g/mol. The molecule has 3 rings (SSSR count). The van der Waals surface area contributed by atoms with Crippen LogP contribution < -0.4 is 11.1 Å². The molecule has 3 N–H and O–H groups in total. The first kappa shape index (κ1) is 13.9. The Morgan fingerprint density at radius 2 is 2.25 bits per heavy atom. The Hall–Kier alpha value is -1.07. The summed E-state index contributed by atoms with van der Waals surface area (Å²) in [7, 11) is 0. The van der Waals surface area contributed by atoms with Crippen molar-refractivity contribution in [2.24, 2.45) is 5.41 Å². The fourth-order valence-electron chi connectivity index (χ4n) is 2.59. The van der Waals surface area contributed by atoms with E-state index in [2.05, 4.69) is 28.2 Å². The molecule has 0 atom stereocenters. The van der Waals surface area contributed by atoms with E-state index in [9.17, 15) is 4.79 Å². The number of benzene rings is 1. The first-order chi connectivity index (χ1) is 9.48. The number of carbonyl (C=O) groups excluding carboxylic acids is 1. The first-order valence-corrected chi connectivity index (χ1v) is 8.35. The fraction of sp³-hybridized carbons (Fsp3) is 0.400. The molecule has 0 saturated heterocycles. The molecular weight excluding hydrogens is 336 g/mol. The largest absolute Gasteiger partial charge is 0.397 e. The third kappa shape index (κ3) is 2.44. The number of nitrogens with two attached hydrogens (primary N) is 1. The second kappa shape index (κ2) is 5.04. The van der Waals surface area contributed by atoms with Crippen LogP contribution in [-0.2, 0) is 0 Å². The Morgan fingerprint density at radius 3 is 2.90 bits per heavy atom. The summed E-state index contributed by atoms with van der Waals surface area (Å²) >= 11 is 4.89. The summed E-state index contributed by atoms with van der Waals surface area (Å²) in [5, 5.41) is 3.99. The van der Waals surface area contributed by atoms with Crippen LogP contribution in [0.3, 0.4) is 0 Å². The van der Waals surface area contributed by atoms with Crippen molar-refractivity contribution < 1.29 is 4.79 Å². The zero-order valence-corrected chi connectivity index (χ0v) is 13.7. The highest BCUT2D eigenvalue weighted by atomic mass is 79.9. The highest BCUT2D eigenvalue weighted by molar-refractivity contribution is 9.10. The number of fused-ring (bicyclic) bond motifs is 1. The Labute approximate surface area is 130 Å². The number of anilines is 1. The second-order valence-electron chi connectivity index (χ2n) is 5.83. The molecule has 0 aliphatic heterocycles. The third-order valence-electron chi connectivity index (χ3n) is 4.13. The fourth-order valence-corrected chi connectivity index (χ4v) is 3.97. The SMILES string of the molecule is CC1(CNC(=O)c2sc3ccc(Br)cc3c2N)CCC1. The molecule has 2 aromatic rings. The maximum absolute atomic E-state index is 12.3. The Morgan fingerprint density at radius 1 is 1.50 bits per heavy atom. The predicted octanol–water partition coefficient (Wildman–Crippen LogP) is 4.17. The molecule has 0 unspecified atom stereocenters. The highest BCUT2D eigenvalue weighted by Crippen LogP contribution is 2.40. The molecule has 1 amide bonds. The predicted molar refractivity (Wildman–Crippen MR) is 88.2 cm³/mol. The minimum Gasteiger partial charge on any atom is -0.397 e. The van der Waals surface area contributed by atoms with Crippen molar-refractivity contribution in [2.75, 3.05) is 12.3 Å². The quantitative estimate of drug-likeness (QED) is 0.870. The molecule has 1 aromatic carbocycles. The monoisotopic (exact) mass is 352 g/mol. The lowest BCUT2D eigenvalue weighted by molar-refractivity contribution is 0.0895. The Balaban J connectivity index is 1.82. The van der Waals surface area contributed by atoms with E-state index in [0.29, 0.717) is 10.6 Å². The second-order valence-corrected chi connectivity index (χ2v) is 7.80. The maximum atomic E-state index is 12.3. The summed E-state index contributed by atoms with van der Waals surface area (Å²) in [5.41, 5.74) is 6.99. The van der Waals surface area contributed by atoms with Crippen molar-refractivity contribution in [1.29, 1.82) is 0 Å². The maximum Gasteiger partial charge on any atom is 0.263 e.